The Labute approximate surface area is 179 Å². The highest BCUT2D eigenvalue weighted by Gasteiger charge is 2.06. The highest BCUT2D eigenvalue weighted by molar-refractivity contribution is 5.92. The van der Waals surface area contributed by atoms with Crippen LogP contribution in [0.15, 0.2) is 89.7 Å². The van der Waals surface area contributed by atoms with Crippen LogP contribution in [0.25, 0.3) is 32.6 Å². The smallest absolute Gasteiger partial charge is 0.197 e. The third-order valence-electron chi connectivity index (χ3n) is 5.14. The Hall–Kier alpha value is -4.23. The van der Waals surface area contributed by atoms with Crippen molar-refractivity contribution in [3.8, 4) is 23.3 Å². The number of aromatic nitrogens is 1. The number of hydrogen-bond acceptors (Lipinski definition) is 3. The van der Waals surface area contributed by atoms with Gasteiger partial charge in [-0.15, -0.1) is 0 Å². The van der Waals surface area contributed by atoms with Gasteiger partial charge in [-0.1, -0.05) is 54.3 Å². The summed E-state index contributed by atoms with van der Waals surface area (Å²) in [5, 5.41) is 3.64. The van der Waals surface area contributed by atoms with Crippen LogP contribution in [0.2, 0.25) is 0 Å². The first-order chi connectivity index (χ1) is 15.3. The van der Waals surface area contributed by atoms with E-state index in [9.17, 15) is 4.79 Å². The van der Waals surface area contributed by atoms with Gasteiger partial charge in [0.2, 0.25) is 0 Å². The maximum Gasteiger partial charge on any atom is 0.197 e. The average Bonchev–Trinajstić information content (AvgIpc) is 2.81. The Morgan fingerprint density at radius 1 is 0.645 bits per heavy atom. The van der Waals surface area contributed by atoms with Crippen LogP contribution in [0.4, 0.5) is 0 Å². The van der Waals surface area contributed by atoms with Crippen molar-refractivity contribution in [2.75, 3.05) is 13.2 Å². The van der Waals surface area contributed by atoms with E-state index in [2.05, 4.69) is 29.0 Å². The van der Waals surface area contributed by atoms with Gasteiger partial charge in [0.25, 0.3) is 0 Å². The molecule has 0 amide bonds. The van der Waals surface area contributed by atoms with Crippen molar-refractivity contribution in [1.29, 1.82) is 0 Å². The normalized spacial score (nSPS) is 10.7. The lowest BCUT2D eigenvalue weighted by Gasteiger charge is -2.06. The highest BCUT2D eigenvalue weighted by atomic mass is 16.5. The number of hydrogen-bond donors (Lipinski definition) is 1. The first kappa shape index (κ1) is 18.8. The van der Waals surface area contributed by atoms with E-state index in [1.54, 1.807) is 12.1 Å². The molecular weight excluding hydrogens is 386 g/mol. The van der Waals surface area contributed by atoms with Crippen LogP contribution >= 0.6 is 0 Å². The van der Waals surface area contributed by atoms with Gasteiger partial charge in [-0.05, 0) is 47.2 Å². The Balaban J connectivity index is 1.22. The summed E-state index contributed by atoms with van der Waals surface area (Å²) < 4.78 is 11.4. The topological polar surface area (TPSA) is 51.3 Å². The minimum atomic E-state index is 0.0153. The summed E-state index contributed by atoms with van der Waals surface area (Å²) in [6.07, 6.45) is 0. The largest absolute Gasteiger partial charge is 0.481 e. The zero-order valence-corrected chi connectivity index (χ0v) is 16.7. The molecule has 0 aliphatic rings. The summed E-state index contributed by atoms with van der Waals surface area (Å²) in [6, 6.07) is 27.0. The molecule has 1 heterocycles. The van der Waals surface area contributed by atoms with Crippen LogP contribution < -0.4 is 14.9 Å². The van der Waals surface area contributed by atoms with Crippen molar-refractivity contribution in [3.05, 3.63) is 95.2 Å². The number of pyridine rings is 1. The van der Waals surface area contributed by atoms with Crippen molar-refractivity contribution in [1.82, 2.24) is 4.98 Å². The lowest BCUT2D eigenvalue weighted by Crippen LogP contribution is -2.04. The van der Waals surface area contributed by atoms with Gasteiger partial charge >= 0.3 is 0 Å². The van der Waals surface area contributed by atoms with Crippen LogP contribution in [0.1, 0.15) is 0 Å². The van der Waals surface area contributed by atoms with Gasteiger partial charge in [-0.25, -0.2) is 0 Å². The molecular formula is C27H19NO3. The maximum atomic E-state index is 12.6. The molecule has 0 atom stereocenters. The molecule has 1 N–H and O–H groups in total. The molecule has 31 heavy (non-hydrogen) atoms. The minimum absolute atomic E-state index is 0.0153. The molecule has 0 spiro atoms. The molecule has 0 aliphatic heterocycles. The molecule has 4 aromatic carbocycles. The Morgan fingerprint density at radius 3 is 2.13 bits per heavy atom. The van der Waals surface area contributed by atoms with Crippen molar-refractivity contribution in [2.45, 2.75) is 0 Å². The summed E-state index contributed by atoms with van der Waals surface area (Å²) in [4.78, 5) is 15.9. The van der Waals surface area contributed by atoms with Crippen LogP contribution in [0, 0.1) is 11.8 Å². The SMILES string of the molecule is O=c1c2ccccc2[nH]c2cc(OCC#CCOc3ccc4ccccc4c3)ccc12. The number of nitrogens with one attached hydrogen (secondary N) is 1. The number of para-hydroxylation sites is 1. The first-order valence-corrected chi connectivity index (χ1v) is 10.0. The quantitative estimate of drug-likeness (QED) is 0.326. The van der Waals surface area contributed by atoms with Crippen molar-refractivity contribution in [3.63, 3.8) is 0 Å². The van der Waals surface area contributed by atoms with E-state index in [1.165, 1.54) is 5.39 Å². The molecule has 1 aromatic heterocycles. The first-order valence-electron chi connectivity index (χ1n) is 10.0. The van der Waals surface area contributed by atoms with E-state index in [4.69, 9.17) is 9.47 Å². The number of H-pyrrole nitrogens is 1. The molecule has 0 saturated carbocycles. The maximum absolute atomic E-state index is 12.6. The summed E-state index contributed by atoms with van der Waals surface area (Å²) in [7, 11) is 0. The molecule has 0 fully saturated rings. The number of ether oxygens (including phenoxy) is 2. The zero-order valence-electron chi connectivity index (χ0n) is 16.7. The van der Waals surface area contributed by atoms with Crippen LogP contribution in [0.3, 0.4) is 0 Å². The van der Waals surface area contributed by atoms with Gasteiger partial charge < -0.3 is 14.5 Å². The van der Waals surface area contributed by atoms with Gasteiger partial charge in [0, 0.05) is 22.4 Å². The summed E-state index contributed by atoms with van der Waals surface area (Å²) >= 11 is 0. The Kier molecular flexibility index (Phi) is 5.00. The second kappa shape index (κ2) is 8.25. The third-order valence-corrected chi connectivity index (χ3v) is 5.14. The van der Waals surface area contributed by atoms with E-state index < -0.39 is 0 Å². The fourth-order valence-electron chi connectivity index (χ4n) is 3.59. The summed E-state index contributed by atoms with van der Waals surface area (Å²) in [5.74, 6) is 7.38. The van der Waals surface area contributed by atoms with Gasteiger partial charge in [-0.2, -0.15) is 0 Å². The standard InChI is InChI=1S/C27H19NO3/c29-27-23-9-3-4-10-25(23)28-26-18-22(13-14-24(26)27)31-16-6-5-15-30-21-12-11-19-7-1-2-8-20(19)17-21/h1-4,7-14,17-18H,15-16H2,(H,28,29). The van der Waals surface area contributed by atoms with Crippen LogP contribution in [0.5, 0.6) is 11.5 Å². The molecule has 0 saturated heterocycles. The molecule has 0 aliphatic carbocycles. The van der Waals surface area contributed by atoms with E-state index in [-0.39, 0.29) is 12.0 Å². The number of fused-ring (bicyclic) bond motifs is 3. The fraction of sp³-hybridized carbons (Fsp3) is 0.0741. The number of benzene rings is 4. The monoisotopic (exact) mass is 405 g/mol. The predicted molar refractivity (Wildman–Crippen MR) is 125 cm³/mol. The van der Waals surface area contributed by atoms with Crippen molar-refractivity contribution in [2.24, 2.45) is 0 Å². The molecule has 5 aromatic rings. The third kappa shape index (κ3) is 3.94. The molecule has 4 heteroatoms. The Morgan fingerprint density at radius 2 is 1.29 bits per heavy atom. The van der Waals surface area contributed by atoms with Crippen LogP contribution in [-0.4, -0.2) is 18.2 Å². The van der Waals surface area contributed by atoms with Gasteiger partial charge in [0.15, 0.2) is 5.43 Å². The van der Waals surface area contributed by atoms with Crippen molar-refractivity contribution >= 4 is 32.6 Å². The minimum Gasteiger partial charge on any atom is -0.481 e. The molecule has 0 unspecified atom stereocenters. The van der Waals surface area contributed by atoms with E-state index in [1.807, 2.05) is 60.7 Å². The predicted octanol–water partition coefficient (Wildman–Crippen LogP) is 5.30. The molecule has 0 radical (unpaired) electrons. The highest BCUT2D eigenvalue weighted by Crippen LogP contribution is 2.21. The lowest BCUT2D eigenvalue weighted by atomic mass is 10.1. The van der Waals surface area contributed by atoms with E-state index in [0.717, 1.165) is 22.2 Å². The van der Waals surface area contributed by atoms with Crippen molar-refractivity contribution < 1.29 is 9.47 Å². The molecule has 150 valence electrons. The van der Waals surface area contributed by atoms with Gasteiger partial charge in [0.05, 0.1) is 5.52 Å². The summed E-state index contributed by atoms with van der Waals surface area (Å²) in [6.45, 7) is 0.531. The molecule has 0 bridgehead atoms. The zero-order chi connectivity index (χ0) is 21.0. The summed E-state index contributed by atoms with van der Waals surface area (Å²) in [5.41, 5.74) is 1.57. The molecule has 5 rings (SSSR count). The van der Waals surface area contributed by atoms with Gasteiger partial charge in [-0.3, -0.25) is 4.79 Å². The second-order valence-corrected chi connectivity index (χ2v) is 7.15. The van der Waals surface area contributed by atoms with Crippen LogP contribution in [-0.2, 0) is 0 Å². The average molecular weight is 405 g/mol. The molecule has 4 nitrogen and oxygen atoms in total. The van der Waals surface area contributed by atoms with E-state index >= 15 is 0 Å². The van der Waals surface area contributed by atoms with Gasteiger partial charge in [0.1, 0.15) is 24.7 Å². The number of rotatable bonds is 4. The fourth-order valence-corrected chi connectivity index (χ4v) is 3.59. The number of aromatic amines is 1. The lowest BCUT2D eigenvalue weighted by molar-refractivity contribution is 0.363. The van der Waals surface area contributed by atoms with E-state index in [0.29, 0.717) is 23.1 Å². The Bertz CT molecular complexity index is 1520. The second-order valence-electron chi connectivity index (χ2n) is 7.15.